The highest BCUT2D eigenvalue weighted by Crippen LogP contribution is 2.24. The summed E-state index contributed by atoms with van der Waals surface area (Å²) in [5.41, 5.74) is 4.53. The minimum Gasteiger partial charge on any atom is -0.467 e. The molecule has 8 heteroatoms. The van der Waals surface area contributed by atoms with Crippen LogP contribution >= 0.6 is 11.3 Å². The van der Waals surface area contributed by atoms with Crippen molar-refractivity contribution in [2.24, 2.45) is 0 Å². The molecule has 0 aliphatic heterocycles. The van der Waals surface area contributed by atoms with Gasteiger partial charge >= 0.3 is 6.03 Å². The number of thiazole rings is 1. The number of benzene rings is 2. The molecule has 0 aliphatic rings. The molecule has 5 aromatic rings. The molecule has 0 unspecified atom stereocenters. The molecular formula is C26H23FN4O2S. The highest BCUT2D eigenvalue weighted by molar-refractivity contribution is 7.15. The second-order valence-corrected chi connectivity index (χ2v) is 8.90. The average molecular weight is 475 g/mol. The van der Waals surface area contributed by atoms with E-state index in [1.54, 1.807) is 34.6 Å². The van der Waals surface area contributed by atoms with Crippen molar-refractivity contribution < 1.29 is 13.6 Å². The van der Waals surface area contributed by atoms with E-state index in [0.29, 0.717) is 19.5 Å². The largest absolute Gasteiger partial charge is 0.467 e. The van der Waals surface area contributed by atoms with E-state index in [2.05, 4.69) is 15.7 Å². The maximum Gasteiger partial charge on any atom is 0.322 e. The van der Waals surface area contributed by atoms with Gasteiger partial charge in [-0.2, -0.15) is 0 Å². The van der Waals surface area contributed by atoms with Crippen LogP contribution in [-0.2, 0) is 13.0 Å². The lowest BCUT2D eigenvalue weighted by molar-refractivity contribution is 0.204. The van der Waals surface area contributed by atoms with Gasteiger partial charge in [0.05, 0.1) is 18.5 Å². The number of fused-ring (bicyclic) bond motifs is 1. The molecule has 34 heavy (non-hydrogen) atoms. The highest BCUT2D eigenvalue weighted by Gasteiger charge is 2.17. The number of hydrogen-bond donors (Lipinski definition) is 1. The maximum atomic E-state index is 13.3. The van der Waals surface area contributed by atoms with E-state index in [9.17, 15) is 9.18 Å². The Morgan fingerprint density at radius 2 is 2.03 bits per heavy atom. The van der Waals surface area contributed by atoms with Gasteiger partial charge in [-0.15, -0.1) is 11.3 Å². The summed E-state index contributed by atoms with van der Waals surface area (Å²) >= 11 is 1.54. The number of urea groups is 1. The van der Waals surface area contributed by atoms with Crippen LogP contribution in [0.1, 0.15) is 17.0 Å². The number of nitrogens with one attached hydrogen (secondary N) is 1. The predicted octanol–water partition coefficient (Wildman–Crippen LogP) is 6.38. The van der Waals surface area contributed by atoms with Crippen LogP contribution in [0.2, 0.25) is 0 Å². The first-order valence-electron chi connectivity index (χ1n) is 10.9. The zero-order chi connectivity index (χ0) is 23.5. The molecule has 5 rings (SSSR count). The molecule has 2 aromatic carbocycles. The molecule has 0 spiro atoms. The molecule has 3 aromatic heterocycles. The third-order valence-electron chi connectivity index (χ3n) is 5.54. The van der Waals surface area contributed by atoms with E-state index in [1.165, 1.54) is 12.1 Å². The van der Waals surface area contributed by atoms with Crippen molar-refractivity contribution in [2.45, 2.75) is 19.9 Å². The first-order chi connectivity index (χ1) is 16.5. The number of aromatic nitrogens is 2. The zero-order valence-electron chi connectivity index (χ0n) is 18.6. The Morgan fingerprint density at radius 1 is 1.18 bits per heavy atom. The maximum absolute atomic E-state index is 13.3. The van der Waals surface area contributed by atoms with Gasteiger partial charge in [0.25, 0.3) is 0 Å². The Bertz CT molecular complexity index is 1410. The number of rotatable bonds is 7. The summed E-state index contributed by atoms with van der Waals surface area (Å²) in [4.78, 5) is 20.4. The molecule has 0 bridgehead atoms. The Kier molecular flexibility index (Phi) is 6.14. The SMILES string of the molecule is Cc1cccc(NC(=O)N(CCc2csc3nc(-c4ccc(F)cc4)cn23)Cc2ccco2)c1. The number of carbonyl (C=O) groups excluding carboxylic acids is 1. The molecule has 172 valence electrons. The molecule has 3 heterocycles. The lowest BCUT2D eigenvalue weighted by atomic mass is 10.2. The summed E-state index contributed by atoms with van der Waals surface area (Å²) in [6, 6.07) is 17.5. The van der Waals surface area contributed by atoms with Crippen molar-refractivity contribution in [3.63, 3.8) is 0 Å². The van der Waals surface area contributed by atoms with Gasteiger partial charge in [0, 0.05) is 41.5 Å². The zero-order valence-corrected chi connectivity index (χ0v) is 19.4. The second-order valence-electron chi connectivity index (χ2n) is 8.06. The number of carbonyl (C=O) groups is 1. The average Bonchev–Trinajstić information content (AvgIpc) is 3.55. The highest BCUT2D eigenvalue weighted by atomic mass is 32.1. The van der Waals surface area contributed by atoms with Crippen molar-refractivity contribution >= 4 is 28.0 Å². The van der Waals surface area contributed by atoms with Crippen LogP contribution in [0.15, 0.2) is 82.9 Å². The fourth-order valence-corrected chi connectivity index (χ4v) is 4.69. The lowest BCUT2D eigenvalue weighted by Gasteiger charge is -2.22. The van der Waals surface area contributed by atoms with E-state index in [1.807, 2.05) is 53.9 Å². The van der Waals surface area contributed by atoms with Crippen LogP contribution in [0, 0.1) is 12.7 Å². The van der Waals surface area contributed by atoms with Crippen LogP contribution in [0.25, 0.3) is 16.2 Å². The summed E-state index contributed by atoms with van der Waals surface area (Å²) < 4.78 is 20.8. The molecule has 0 atom stereocenters. The van der Waals surface area contributed by atoms with E-state index in [-0.39, 0.29) is 11.8 Å². The van der Waals surface area contributed by atoms with E-state index in [0.717, 1.165) is 38.9 Å². The first kappa shape index (κ1) is 21.9. The molecule has 0 saturated heterocycles. The topological polar surface area (TPSA) is 62.8 Å². The Balaban J connectivity index is 1.34. The van der Waals surface area contributed by atoms with Gasteiger partial charge in [0.2, 0.25) is 0 Å². The summed E-state index contributed by atoms with van der Waals surface area (Å²) in [6.07, 6.45) is 4.20. The van der Waals surface area contributed by atoms with Gasteiger partial charge in [-0.25, -0.2) is 14.2 Å². The number of anilines is 1. The normalized spacial score (nSPS) is 11.1. The van der Waals surface area contributed by atoms with E-state index in [4.69, 9.17) is 4.42 Å². The number of amides is 2. The third-order valence-corrected chi connectivity index (χ3v) is 6.43. The Hall–Kier alpha value is -3.91. The number of aryl methyl sites for hydroxylation is 1. The van der Waals surface area contributed by atoms with Crippen molar-refractivity contribution in [3.05, 3.63) is 101 Å². The van der Waals surface area contributed by atoms with Gasteiger partial charge in [-0.05, 0) is 61.0 Å². The van der Waals surface area contributed by atoms with Crippen molar-refractivity contribution in [2.75, 3.05) is 11.9 Å². The molecule has 0 radical (unpaired) electrons. The molecule has 2 amide bonds. The Labute approximate surface area is 200 Å². The van der Waals surface area contributed by atoms with Crippen molar-refractivity contribution in [1.29, 1.82) is 0 Å². The van der Waals surface area contributed by atoms with Gasteiger partial charge in [0.1, 0.15) is 11.6 Å². The van der Waals surface area contributed by atoms with Gasteiger partial charge in [0.15, 0.2) is 4.96 Å². The smallest absolute Gasteiger partial charge is 0.322 e. The molecular weight excluding hydrogens is 451 g/mol. The summed E-state index contributed by atoms with van der Waals surface area (Å²) in [6.45, 7) is 2.85. The van der Waals surface area contributed by atoms with Crippen molar-refractivity contribution in [3.8, 4) is 11.3 Å². The monoisotopic (exact) mass is 474 g/mol. The molecule has 0 saturated carbocycles. The first-order valence-corrected chi connectivity index (χ1v) is 11.8. The molecule has 0 aliphatic carbocycles. The van der Waals surface area contributed by atoms with Crippen molar-refractivity contribution in [1.82, 2.24) is 14.3 Å². The van der Waals surface area contributed by atoms with Crippen LogP contribution in [0.5, 0.6) is 0 Å². The predicted molar refractivity (Wildman–Crippen MR) is 131 cm³/mol. The molecule has 1 N–H and O–H groups in total. The standard InChI is InChI=1S/C26H23FN4O2S/c1-18-4-2-5-21(14-18)28-25(32)30(15-23-6-3-13-33-23)12-11-22-17-34-26-29-24(16-31(22)26)19-7-9-20(27)10-8-19/h2-10,13-14,16-17H,11-12,15H2,1H3,(H,28,32). The number of imidazole rings is 1. The number of furan rings is 1. The number of halogens is 1. The van der Waals surface area contributed by atoms with Crippen LogP contribution in [0.3, 0.4) is 0 Å². The summed E-state index contributed by atoms with van der Waals surface area (Å²) in [5.74, 6) is 0.446. The summed E-state index contributed by atoms with van der Waals surface area (Å²) in [7, 11) is 0. The lowest BCUT2D eigenvalue weighted by Crippen LogP contribution is -2.36. The number of nitrogens with zero attached hydrogens (tertiary/aromatic N) is 3. The van der Waals surface area contributed by atoms with Gasteiger partial charge < -0.3 is 14.6 Å². The van der Waals surface area contributed by atoms with E-state index >= 15 is 0 Å². The number of hydrogen-bond acceptors (Lipinski definition) is 4. The van der Waals surface area contributed by atoms with Crippen LogP contribution < -0.4 is 5.32 Å². The third kappa shape index (κ3) is 4.87. The van der Waals surface area contributed by atoms with Crippen LogP contribution in [-0.4, -0.2) is 26.9 Å². The van der Waals surface area contributed by atoms with Gasteiger partial charge in [-0.3, -0.25) is 4.40 Å². The quantitative estimate of drug-likeness (QED) is 0.298. The molecule has 0 fully saturated rings. The second kappa shape index (κ2) is 9.52. The fraction of sp³-hybridized carbons (Fsp3) is 0.154. The minimum absolute atomic E-state index is 0.189. The minimum atomic E-state index is -0.272. The van der Waals surface area contributed by atoms with Crippen LogP contribution in [0.4, 0.5) is 14.9 Å². The van der Waals surface area contributed by atoms with E-state index < -0.39 is 0 Å². The molecule has 6 nitrogen and oxygen atoms in total. The Morgan fingerprint density at radius 3 is 2.79 bits per heavy atom. The summed E-state index contributed by atoms with van der Waals surface area (Å²) in [5, 5.41) is 5.05. The fourth-order valence-electron chi connectivity index (χ4n) is 3.79. The van der Waals surface area contributed by atoms with Gasteiger partial charge in [-0.1, -0.05) is 12.1 Å².